The lowest BCUT2D eigenvalue weighted by Gasteiger charge is -2.35. The molecule has 3 amide bonds. The van der Waals surface area contributed by atoms with Crippen LogP contribution in [-0.2, 0) is 9.59 Å². The first-order valence-electron chi connectivity index (χ1n) is 10.7. The summed E-state index contributed by atoms with van der Waals surface area (Å²) in [5.41, 5.74) is 0.601. The van der Waals surface area contributed by atoms with Crippen molar-refractivity contribution in [2.24, 2.45) is 11.8 Å². The van der Waals surface area contributed by atoms with Gasteiger partial charge in [0.2, 0.25) is 11.8 Å². The molecule has 0 spiro atoms. The van der Waals surface area contributed by atoms with Gasteiger partial charge in [-0.1, -0.05) is 15.9 Å². The Balaban J connectivity index is 1.38. The number of hydrogen-bond acceptors (Lipinski definition) is 3. The summed E-state index contributed by atoms with van der Waals surface area (Å²) in [6.45, 7) is 2.50. The van der Waals surface area contributed by atoms with Crippen LogP contribution in [-0.4, -0.2) is 59.7 Å². The minimum atomic E-state index is -0.417. The van der Waals surface area contributed by atoms with E-state index in [1.807, 2.05) is 17.0 Å². The fraction of sp³-hybridized carbons (Fsp3) is 0.591. The smallest absolute Gasteiger partial charge is 0.254 e. The second kappa shape index (κ2) is 8.86. The second-order valence-electron chi connectivity index (χ2n) is 8.48. The molecule has 7 heteroatoms. The number of likely N-dealkylation sites (tertiary alicyclic amines) is 2. The number of halogens is 1. The Kier molecular flexibility index (Phi) is 6.23. The Labute approximate surface area is 180 Å². The van der Waals surface area contributed by atoms with Crippen LogP contribution in [0.4, 0.5) is 0 Å². The SMILES string of the molecule is O=C(NCC1CC1)C1CCCN(C(=O)C2CCCN2C(=O)c2ccc(Br)cc2)C1. The van der Waals surface area contributed by atoms with Crippen molar-refractivity contribution in [1.29, 1.82) is 0 Å². The van der Waals surface area contributed by atoms with E-state index in [2.05, 4.69) is 21.2 Å². The van der Waals surface area contributed by atoms with Crippen LogP contribution < -0.4 is 5.32 Å². The molecule has 1 aromatic rings. The Hall–Kier alpha value is -1.89. The Bertz CT molecular complexity index is 778. The number of benzene rings is 1. The standard InChI is InChI=1S/C22H28BrN3O3/c23-18-9-7-16(8-10-18)21(28)26-12-2-4-19(26)22(29)25-11-1-3-17(14-25)20(27)24-13-15-5-6-15/h7-10,15,17,19H,1-6,11-14H2,(H,24,27). The first kappa shape index (κ1) is 20.4. The molecule has 6 nitrogen and oxygen atoms in total. The Morgan fingerprint density at radius 1 is 1.00 bits per heavy atom. The van der Waals surface area contributed by atoms with Gasteiger partial charge < -0.3 is 15.1 Å². The van der Waals surface area contributed by atoms with E-state index in [0.717, 1.165) is 30.3 Å². The summed E-state index contributed by atoms with van der Waals surface area (Å²) in [5.74, 6) is 0.487. The van der Waals surface area contributed by atoms with Crippen molar-refractivity contribution in [2.45, 2.75) is 44.6 Å². The third kappa shape index (κ3) is 4.82. The van der Waals surface area contributed by atoms with Gasteiger partial charge in [-0.3, -0.25) is 14.4 Å². The number of nitrogens with one attached hydrogen (secondary N) is 1. The Morgan fingerprint density at radius 2 is 1.72 bits per heavy atom. The molecule has 1 aromatic carbocycles. The maximum Gasteiger partial charge on any atom is 0.254 e. The highest BCUT2D eigenvalue weighted by molar-refractivity contribution is 9.10. The van der Waals surface area contributed by atoms with Gasteiger partial charge in [0.15, 0.2) is 0 Å². The highest BCUT2D eigenvalue weighted by atomic mass is 79.9. The van der Waals surface area contributed by atoms with Crippen LogP contribution in [0.3, 0.4) is 0 Å². The van der Waals surface area contributed by atoms with E-state index in [4.69, 9.17) is 0 Å². The van der Waals surface area contributed by atoms with Crippen molar-refractivity contribution in [3.05, 3.63) is 34.3 Å². The summed E-state index contributed by atoms with van der Waals surface area (Å²) in [4.78, 5) is 42.2. The van der Waals surface area contributed by atoms with E-state index in [1.165, 1.54) is 12.8 Å². The molecule has 1 aliphatic carbocycles. The molecule has 2 atom stereocenters. The molecule has 156 valence electrons. The van der Waals surface area contributed by atoms with Gasteiger partial charge in [-0.05, 0) is 68.7 Å². The molecule has 0 radical (unpaired) electrons. The van der Waals surface area contributed by atoms with E-state index in [0.29, 0.717) is 37.5 Å². The number of nitrogens with zero attached hydrogens (tertiary/aromatic N) is 2. The molecule has 0 bridgehead atoms. The summed E-state index contributed by atoms with van der Waals surface area (Å²) in [6, 6.07) is 6.84. The molecule has 2 saturated heterocycles. The van der Waals surface area contributed by atoms with Gasteiger partial charge in [0.25, 0.3) is 5.91 Å². The first-order chi connectivity index (χ1) is 14.0. The monoisotopic (exact) mass is 461 g/mol. The zero-order valence-corrected chi connectivity index (χ0v) is 18.2. The lowest BCUT2D eigenvalue weighted by atomic mass is 9.96. The topological polar surface area (TPSA) is 69.7 Å². The van der Waals surface area contributed by atoms with Crippen LogP contribution in [0.5, 0.6) is 0 Å². The van der Waals surface area contributed by atoms with Gasteiger partial charge >= 0.3 is 0 Å². The predicted molar refractivity (Wildman–Crippen MR) is 113 cm³/mol. The van der Waals surface area contributed by atoms with E-state index < -0.39 is 6.04 Å². The third-order valence-electron chi connectivity index (χ3n) is 6.26. The molecule has 3 fully saturated rings. The highest BCUT2D eigenvalue weighted by Crippen LogP contribution is 2.28. The fourth-order valence-corrected chi connectivity index (χ4v) is 4.60. The molecule has 1 N–H and O–H groups in total. The molecule has 2 aliphatic heterocycles. The summed E-state index contributed by atoms with van der Waals surface area (Å²) in [5, 5.41) is 3.05. The van der Waals surface area contributed by atoms with E-state index in [1.54, 1.807) is 17.0 Å². The van der Waals surface area contributed by atoms with Crippen LogP contribution in [0.2, 0.25) is 0 Å². The van der Waals surface area contributed by atoms with Crippen molar-refractivity contribution >= 4 is 33.7 Å². The number of piperidine rings is 1. The molecule has 3 aliphatic rings. The highest BCUT2D eigenvalue weighted by Gasteiger charge is 2.39. The van der Waals surface area contributed by atoms with Crippen LogP contribution in [0.15, 0.2) is 28.7 Å². The normalized spacial score (nSPS) is 24.4. The molecular weight excluding hydrogens is 434 g/mol. The van der Waals surface area contributed by atoms with Crippen molar-refractivity contribution in [1.82, 2.24) is 15.1 Å². The molecule has 0 aromatic heterocycles. The van der Waals surface area contributed by atoms with Crippen molar-refractivity contribution < 1.29 is 14.4 Å². The van der Waals surface area contributed by atoms with E-state index in [-0.39, 0.29) is 23.6 Å². The lowest BCUT2D eigenvalue weighted by Crippen LogP contribution is -2.52. The number of rotatable bonds is 5. The quantitative estimate of drug-likeness (QED) is 0.732. The van der Waals surface area contributed by atoms with Gasteiger partial charge in [-0.25, -0.2) is 0 Å². The van der Waals surface area contributed by atoms with Gasteiger partial charge in [-0.15, -0.1) is 0 Å². The van der Waals surface area contributed by atoms with Crippen LogP contribution in [0.25, 0.3) is 0 Å². The average molecular weight is 462 g/mol. The molecule has 1 saturated carbocycles. The second-order valence-corrected chi connectivity index (χ2v) is 9.39. The van der Waals surface area contributed by atoms with Gasteiger partial charge in [0.1, 0.15) is 6.04 Å². The third-order valence-corrected chi connectivity index (χ3v) is 6.78. The van der Waals surface area contributed by atoms with Gasteiger partial charge in [0, 0.05) is 36.2 Å². The molecule has 2 heterocycles. The summed E-state index contributed by atoms with van der Waals surface area (Å²) in [7, 11) is 0. The van der Waals surface area contributed by atoms with Crippen molar-refractivity contribution in [2.75, 3.05) is 26.2 Å². The maximum atomic E-state index is 13.2. The van der Waals surface area contributed by atoms with E-state index in [9.17, 15) is 14.4 Å². The number of hydrogen-bond donors (Lipinski definition) is 1. The van der Waals surface area contributed by atoms with Crippen LogP contribution >= 0.6 is 15.9 Å². The number of amides is 3. The number of carbonyl (C=O) groups excluding carboxylic acids is 3. The molecule has 29 heavy (non-hydrogen) atoms. The van der Waals surface area contributed by atoms with Gasteiger partial charge in [-0.2, -0.15) is 0 Å². The average Bonchev–Trinajstić information content (AvgIpc) is 3.45. The molecule has 2 unspecified atom stereocenters. The van der Waals surface area contributed by atoms with Crippen molar-refractivity contribution in [3.63, 3.8) is 0 Å². The lowest BCUT2D eigenvalue weighted by molar-refractivity contribution is -0.139. The predicted octanol–water partition coefficient (Wildman–Crippen LogP) is 2.82. The summed E-state index contributed by atoms with van der Waals surface area (Å²) >= 11 is 3.39. The largest absolute Gasteiger partial charge is 0.356 e. The van der Waals surface area contributed by atoms with E-state index >= 15 is 0 Å². The first-order valence-corrected chi connectivity index (χ1v) is 11.5. The van der Waals surface area contributed by atoms with Crippen LogP contribution in [0, 0.1) is 11.8 Å². The zero-order chi connectivity index (χ0) is 20.4. The maximum absolute atomic E-state index is 13.2. The molecule has 4 rings (SSSR count). The van der Waals surface area contributed by atoms with Gasteiger partial charge in [0.05, 0.1) is 5.92 Å². The number of carbonyl (C=O) groups is 3. The van der Waals surface area contributed by atoms with Crippen molar-refractivity contribution in [3.8, 4) is 0 Å². The zero-order valence-electron chi connectivity index (χ0n) is 16.6. The van der Waals surface area contributed by atoms with Crippen LogP contribution in [0.1, 0.15) is 48.9 Å². The summed E-state index contributed by atoms with van der Waals surface area (Å²) < 4.78 is 0.919. The molecular formula is C22H28BrN3O3. The fourth-order valence-electron chi connectivity index (χ4n) is 4.34. The minimum absolute atomic E-state index is 0.00680. The minimum Gasteiger partial charge on any atom is -0.356 e. The Morgan fingerprint density at radius 3 is 2.45 bits per heavy atom. The summed E-state index contributed by atoms with van der Waals surface area (Å²) in [6.07, 6.45) is 5.60.